The number of methoxy groups -OCH3 is 1. The molecule has 7 heteroatoms. The van der Waals surface area contributed by atoms with Crippen molar-refractivity contribution >= 4 is 11.9 Å². The summed E-state index contributed by atoms with van der Waals surface area (Å²) < 4.78 is 10.5. The lowest BCUT2D eigenvalue weighted by molar-refractivity contribution is -0.116. The van der Waals surface area contributed by atoms with Crippen LogP contribution in [0.4, 0.5) is 10.6 Å². The molecule has 2 rings (SSSR count). The second kappa shape index (κ2) is 6.72. The molecule has 2 heterocycles. The highest BCUT2D eigenvalue weighted by Gasteiger charge is 2.41. The molecule has 0 spiro atoms. The maximum Gasteiger partial charge on any atom is 0.410 e. The number of likely N-dealkylation sites (tertiary alicyclic amines) is 1. The molecule has 128 valence electrons. The number of hydrogen-bond donors (Lipinski definition) is 2. The summed E-state index contributed by atoms with van der Waals surface area (Å²) in [5.74, 6) is 0.495. The Kier molecular flexibility index (Phi) is 5.11. The summed E-state index contributed by atoms with van der Waals surface area (Å²) in [4.78, 5) is 18.0. The van der Waals surface area contributed by atoms with E-state index >= 15 is 0 Å². The lowest BCUT2D eigenvalue weighted by atomic mass is 9.98. The number of carbonyl (C=O) groups is 1. The fraction of sp³-hybridized carbons (Fsp3) is 0.625. The average molecular weight is 323 g/mol. The third-order valence-corrected chi connectivity index (χ3v) is 3.82. The van der Waals surface area contributed by atoms with Crippen molar-refractivity contribution < 1.29 is 19.4 Å². The van der Waals surface area contributed by atoms with E-state index in [2.05, 4.69) is 4.98 Å². The molecule has 23 heavy (non-hydrogen) atoms. The Morgan fingerprint density at radius 1 is 1.48 bits per heavy atom. The third-order valence-electron chi connectivity index (χ3n) is 3.82. The van der Waals surface area contributed by atoms with Crippen molar-refractivity contribution in [2.45, 2.75) is 51.0 Å². The van der Waals surface area contributed by atoms with Crippen molar-refractivity contribution in [2.75, 3.05) is 19.4 Å². The summed E-state index contributed by atoms with van der Waals surface area (Å²) in [5.41, 5.74) is 5.99. The van der Waals surface area contributed by atoms with Crippen molar-refractivity contribution in [3.8, 4) is 0 Å². The van der Waals surface area contributed by atoms with Crippen molar-refractivity contribution in [1.82, 2.24) is 9.88 Å². The van der Waals surface area contributed by atoms with Gasteiger partial charge in [0.05, 0.1) is 6.04 Å². The van der Waals surface area contributed by atoms with Gasteiger partial charge in [0.15, 0.2) is 6.29 Å². The number of rotatable bonds is 3. The quantitative estimate of drug-likeness (QED) is 0.822. The average Bonchev–Trinajstić information content (AvgIpc) is 2.90. The van der Waals surface area contributed by atoms with Crippen LogP contribution >= 0.6 is 0 Å². The van der Waals surface area contributed by atoms with Crippen LogP contribution in [-0.4, -0.2) is 52.7 Å². The van der Waals surface area contributed by atoms with E-state index < -0.39 is 24.0 Å². The van der Waals surface area contributed by atoms with Gasteiger partial charge < -0.3 is 20.3 Å². The normalized spacial score (nSPS) is 22.9. The number of nitrogens with two attached hydrogens (primary N) is 1. The molecule has 0 bridgehead atoms. The second-order valence-corrected chi connectivity index (χ2v) is 6.78. The van der Waals surface area contributed by atoms with Gasteiger partial charge >= 0.3 is 6.09 Å². The highest BCUT2D eigenvalue weighted by molar-refractivity contribution is 5.69. The minimum Gasteiger partial charge on any atom is -0.444 e. The van der Waals surface area contributed by atoms with Gasteiger partial charge in [-0.25, -0.2) is 9.78 Å². The number of aliphatic hydroxyl groups excluding tert-OH is 1. The zero-order valence-electron chi connectivity index (χ0n) is 14.0. The third kappa shape index (κ3) is 4.33. The summed E-state index contributed by atoms with van der Waals surface area (Å²) in [5, 5.41) is 10.1. The van der Waals surface area contributed by atoms with Gasteiger partial charge in [-0.15, -0.1) is 0 Å². The first-order valence-corrected chi connectivity index (χ1v) is 7.63. The fourth-order valence-electron chi connectivity index (χ4n) is 2.72. The largest absolute Gasteiger partial charge is 0.444 e. The number of hydrogen-bond acceptors (Lipinski definition) is 6. The van der Waals surface area contributed by atoms with Gasteiger partial charge in [-0.2, -0.15) is 0 Å². The molecular formula is C16H25N3O4. The molecule has 1 aliphatic heterocycles. The van der Waals surface area contributed by atoms with E-state index in [1.165, 1.54) is 12.0 Å². The van der Waals surface area contributed by atoms with Gasteiger partial charge in [0.25, 0.3) is 0 Å². The monoisotopic (exact) mass is 323 g/mol. The predicted molar refractivity (Wildman–Crippen MR) is 85.8 cm³/mol. The lowest BCUT2D eigenvalue weighted by Crippen LogP contribution is -2.45. The number of anilines is 1. The number of aliphatic hydroxyl groups is 1. The van der Waals surface area contributed by atoms with Crippen LogP contribution < -0.4 is 5.73 Å². The van der Waals surface area contributed by atoms with Crippen LogP contribution in [0.15, 0.2) is 18.3 Å². The molecule has 1 aromatic rings. The van der Waals surface area contributed by atoms with Crippen LogP contribution in [0.2, 0.25) is 0 Å². The van der Waals surface area contributed by atoms with Crippen molar-refractivity contribution in [3.05, 3.63) is 23.9 Å². The molecule has 3 atom stereocenters. The van der Waals surface area contributed by atoms with E-state index in [1.54, 1.807) is 12.3 Å². The number of nitrogens with zero attached hydrogens (tertiary/aromatic N) is 2. The summed E-state index contributed by atoms with van der Waals surface area (Å²) in [6, 6.07) is 3.16. The van der Waals surface area contributed by atoms with Crippen molar-refractivity contribution in [1.29, 1.82) is 0 Å². The smallest absolute Gasteiger partial charge is 0.410 e. The van der Waals surface area contributed by atoms with E-state index in [4.69, 9.17) is 15.2 Å². The Hall–Kier alpha value is -1.86. The SMILES string of the molecule is COC(O)C1CC(c2ccc(N)nc2)CN1C(=O)OC(C)(C)C. The van der Waals surface area contributed by atoms with Crippen LogP contribution in [0.25, 0.3) is 0 Å². The van der Waals surface area contributed by atoms with Gasteiger partial charge in [-0.1, -0.05) is 6.07 Å². The summed E-state index contributed by atoms with van der Waals surface area (Å²) in [6.07, 6.45) is 0.757. The summed E-state index contributed by atoms with van der Waals surface area (Å²) >= 11 is 0. The van der Waals surface area contributed by atoms with Crippen LogP contribution in [-0.2, 0) is 9.47 Å². The Balaban J connectivity index is 2.18. The van der Waals surface area contributed by atoms with Crippen LogP contribution in [0, 0.1) is 0 Å². The Labute approximate surface area is 136 Å². The second-order valence-electron chi connectivity index (χ2n) is 6.78. The number of amides is 1. The topological polar surface area (TPSA) is 97.9 Å². The number of pyridine rings is 1. The molecule has 3 unspecified atom stereocenters. The minimum atomic E-state index is -1.06. The maximum absolute atomic E-state index is 12.4. The molecule has 0 radical (unpaired) electrons. The zero-order valence-corrected chi connectivity index (χ0v) is 14.0. The first-order chi connectivity index (χ1) is 10.7. The zero-order chi connectivity index (χ0) is 17.2. The molecule has 1 aromatic heterocycles. The van der Waals surface area contributed by atoms with Gasteiger partial charge in [-0.05, 0) is 38.8 Å². The summed E-state index contributed by atoms with van der Waals surface area (Å²) in [6.45, 7) is 5.86. The van der Waals surface area contributed by atoms with E-state index in [9.17, 15) is 9.90 Å². The number of aromatic nitrogens is 1. The van der Waals surface area contributed by atoms with Crippen LogP contribution in [0.3, 0.4) is 0 Å². The molecule has 7 nitrogen and oxygen atoms in total. The van der Waals surface area contributed by atoms with Crippen molar-refractivity contribution in [3.63, 3.8) is 0 Å². The van der Waals surface area contributed by atoms with Gasteiger partial charge in [0.2, 0.25) is 0 Å². The standard InChI is InChI=1S/C16H25N3O4/c1-16(2,3)23-15(21)19-9-11(7-12(19)14(20)22-4)10-5-6-13(17)18-8-10/h5-6,8,11-12,14,20H,7,9H2,1-4H3,(H2,17,18). The molecule has 0 aromatic carbocycles. The first kappa shape index (κ1) is 17.5. The van der Waals surface area contributed by atoms with Crippen LogP contribution in [0.5, 0.6) is 0 Å². The van der Waals surface area contributed by atoms with Gasteiger partial charge in [0.1, 0.15) is 11.4 Å². The molecule has 0 saturated carbocycles. The maximum atomic E-state index is 12.4. The summed E-state index contributed by atoms with van der Waals surface area (Å²) in [7, 11) is 1.41. The molecule has 1 fully saturated rings. The molecule has 1 aliphatic rings. The lowest BCUT2D eigenvalue weighted by Gasteiger charge is -2.30. The highest BCUT2D eigenvalue weighted by atomic mass is 16.6. The molecule has 3 N–H and O–H groups in total. The molecule has 1 amide bonds. The number of carbonyl (C=O) groups excluding carboxylic acids is 1. The fourth-order valence-corrected chi connectivity index (χ4v) is 2.72. The van der Waals surface area contributed by atoms with Crippen molar-refractivity contribution in [2.24, 2.45) is 0 Å². The Morgan fingerprint density at radius 3 is 2.70 bits per heavy atom. The minimum absolute atomic E-state index is 0.0467. The van der Waals surface area contributed by atoms with Crippen LogP contribution in [0.1, 0.15) is 38.7 Å². The number of nitrogen functional groups attached to an aromatic ring is 1. The highest BCUT2D eigenvalue weighted by Crippen LogP contribution is 2.34. The van der Waals surface area contributed by atoms with E-state index in [0.29, 0.717) is 18.8 Å². The molecule has 0 aliphatic carbocycles. The Bertz CT molecular complexity index is 541. The molecule has 1 saturated heterocycles. The van der Waals surface area contributed by atoms with E-state index in [-0.39, 0.29) is 5.92 Å². The predicted octanol–water partition coefficient (Wildman–Crippen LogP) is 1.72. The first-order valence-electron chi connectivity index (χ1n) is 7.63. The van der Waals surface area contributed by atoms with E-state index in [1.807, 2.05) is 26.8 Å². The Morgan fingerprint density at radius 2 is 2.17 bits per heavy atom. The van der Waals surface area contributed by atoms with Gasteiger partial charge in [-0.3, -0.25) is 4.90 Å². The van der Waals surface area contributed by atoms with Gasteiger partial charge in [0, 0.05) is 25.8 Å². The van der Waals surface area contributed by atoms with E-state index in [0.717, 1.165) is 5.56 Å². The molecular weight excluding hydrogens is 298 g/mol. The number of ether oxygens (including phenoxy) is 2.